The van der Waals surface area contributed by atoms with Gasteiger partial charge in [0, 0.05) is 25.2 Å². The molecule has 1 aliphatic heterocycles. The van der Waals surface area contributed by atoms with Crippen molar-refractivity contribution in [3.05, 3.63) is 28.3 Å². The van der Waals surface area contributed by atoms with Gasteiger partial charge in [0.1, 0.15) is 10.6 Å². The summed E-state index contributed by atoms with van der Waals surface area (Å²) in [4.78, 5) is 10.1. The van der Waals surface area contributed by atoms with Gasteiger partial charge in [-0.2, -0.15) is 4.31 Å². The summed E-state index contributed by atoms with van der Waals surface area (Å²) in [5.74, 6) is 0.103. The monoisotopic (exact) mass is 329 g/mol. The van der Waals surface area contributed by atoms with Crippen LogP contribution in [0.5, 0.6) is 5.75 Å². The van der Waals surface area contributed by atoms with Crippen LogP contribution in [0.25, 0.3) is 0 Å². The topological polar surface area (TPSA) is 102 Å². The summed E-state index contributed by atoms with van der Waals surface area (Å²) in [5, 5.41) is 14.1. The van der Waals surface area contributed by atoms with Crippen LogP contribution >= 0.6 is 0 Å². The van der Waals surface area contributed by atoms with E-state index in [1.807, 2.05) is 0 Å². The Kier molecular flexibility index (Phi) is 4.99. The van der Waals surface area contributed by atoms with Gasteiger partial charge in [0.05, 0.1) is 12.0 Å². The van der Waals surface area contributed by atoms with Crippen molar-refractivity contribution >= 4 is 15.7 Å². The molecule has 122 valence electrons. The molecule has 1 aromatic carbocycles. The van der Waals surface area contributed by atoms with E-state index in [0.717, 1.165) is 19.2 Å². The number of sulfonamides is 1. The highest BCUT2D eigenvalue weighted by Gasteiger charge is 2.32. The van der Waals surface area contributed by atoms with E-state index in [2.05, 4.69) is 5.32 Å². The number of non-ortho nitro benzene ring substituents is 1. The Hall–Kier alpha value is -1.71. The molecule has 22 heavy (non-hydrogen) atoms. The lowest BCUT2D eigenvalue weighted by atomic mass is 10.1. The zero-order valence-electron chi connectivity index (χ0n) is 12.5. The largest absolute Gasteiger partial charge is 0.495 e. The van der Waals surface area contributed by atoms with E-state index in [4.69, 9.17) is 4.74 Å². The van der Waals surface area contributed by atoms with Crippen LogP contribution in [-0.2, 0) is 10.0 Å². The van der Waals surface area contributed by atoms with Gasteiger partial charge in [0.15, 0.2) is 0 Å². The van der Waals surface area contributed by atoms with Crippen LogP contribution in [-0.4, -0.2) is 50.9 Å². The van der Waals surface area contributed by atoms with Gasteiger partial charge in [-0.25, -0.2) is 8.42 Å². The first-order valence-electron chi connectivity index (χ1n) is 6.89. The lowest BCUT2D eigenvalue weighted by Gasteiger charge is -2.31. The summed E-state index contributed by atoms with van der Waals surface area (Å²) in [6.45, 7) is 1.49. The molecule has 9 heteroatoms. The molecular weight excluding hydrogens is 310 g/mol. The minimum Gasteiger partial charge on any atom is -0.495 e. The van der Waals surface area contributed by atoms with E-state index in [0.29, 0.717) is 12.8 Å². The fourth-order valence-corrected chi connectivity index (χ4v) is 4.09. The van der Waals surface area contributed by atoms with Gasteiger partial charge in [-0.1, -0.05) is 0 Å². The van der Waals surface area contributed by atoms with Gasteiger partial charge in [-0.15, -0.1) is 0 Å². The minimum atomic E-state index is -3.86. The van der Waals surface area contributed by atoms with Crippen LogP contribution in [0.4, 0.5) is 5.69 Å². The van der Waals surface area contributed by atoms with Crippen LogP contribution in [0.1, 0.15) is 12.8 Å². The summed E-state index contributed by atoms with van der Waals surface area (Å²) >= 11 is 0. The number of hydrogen-bond acceptors (Lipinski definition) is 6. The molecule has 0 unspecified atom stereocenters. The molecule has 2 rings (SSSR count). The van der Waals surface area contributed by atoms with E-state index in [1.165, 1.54) is 30.6 Å². The predicted octanol–water partition coefficient (Wildman–Crippen LogP) is 0.976. The normalized spacial score (nSPS) is 16.7. The third-order valence-corrected chi connectivity index (χ3v) is 5.77. The van der Waals surface area contributed by atoms with Gasteiger partial charge < -0.3 is 10.1 Å². The number of benzene rings is 1. The summed E-state index contributed by atoms with van der Waals surface area (Å²) in [6.07, 6.45) is 1.40. The smallest absolute Gasteiger partial charge is 0.271 e. The van der Waals surface area contributed by atoms with Crippen molar-refractivity contribution in [1.29, 1.82) is 0 Å². The van der Waals surface area contributed by atoms with Crippen LogP contribution in [0.2, 0.25) is 0 Å². The molecule has 0 aromatic heterocycles. The van der Waals surface area contributed by atoms with Crippen molar-refractivity contribution in [3.63, 3.8) is 0 Å². The van der Waals surface area contributed by atoms with E-state index >= 15 is 0 Å². The molecule has 0 amide bonds. The van der Waals surface area contributed by atoms with Crippen molar-refractivity contribution in [2.24, 2.45) is 0 Å². The van der Waals surface area contributed by atoms with Crippen molar-refractivity contribution in [2.45, 2.75) is 23.8 Å². The molecule has 0 aliphatic carbocycles. The van der Waals surface area contributed by atoms with E-state index in [-0.39, 0.29) is 22.4 Å². The Labute approximate surface area is 129 Å². The average Bonchev–Trinajstić information content (AvgIpc) is 2.54. The highest BCUT2D eigenvalue weighted by Crippen LogP contribution is 2.31. The number of piperidine rings is 1. The molecule has 0 saturated carbocycles. The SMILES string of the molecule is COc1ccc([N+](=O)[O-])cc1S(=O)(=O)N(C)C1CCNCC1. The number of nitro benzene ring substituents is 1. The molecule has 1 heterocycles. The molecule has 0 spiro atoms. The van der Waals surface area contributed by atoms with Crippen LogP contribution < -0.4 is 10.1 Å². The minimum absolute atomic E-state index is 0.103. The maximum absolute atomic E-state index is 12.8. The van der Waals surface area contributed by atoms with Gasteiger partial charge in [-0.3, -0.25) is 10.1 Å². The van der Waals surface area contributed by atoms with Crippen molar-refractivity contribution in [2.75, 3.05) is 27.2 Å². The maximum Gasteiger partial charge on any atom is 0.271 e. The maximum atomic E-state index is 12.8. The number of hydrogen-bond donors (Lipinski definition) is 1. The van der Waals surface area contributed by atoms with E-state index in [1.54, 1.807) is 0 Å². The average molecular weight is 329 g/mol. The molecule has 1 fully saturated rings. The molecule has 0 bridgehead atoms. The second-order valence-electron chi connectivity index (χ2n) is 5.09. The Morgan fingerprint density at radius 2 is 2.00 bits per heavy atom. The molecule has 0 radical (unpaired) electrons. The molecule has 1 aromatic rings. The number of nitrogens with one attached hydrogen (secondary N) is 1. The Balaban J connectivity index is 2.42. The third-order valence-electron chi connectivity index (χ3n) is 3.84. The predicted molar refractivity (Wildman–Crippen MR) is 80.5 cm³/mol. The van der Waals surface area contributed by atoms with Gasteiger partial charge in [-0.05, 0) is 32.0 Å². The van der Waals surface area contributed by atoms with E-state index < -0.39 is 14.9 Å². The number of ether oxygens (including phenoxy) is 1. The number of rotatable bonds is 5. The first kappa shape index (κ1) is 16.7. The van der Waals surface area contributed by atoms with Crippen LogP contribution in [0.3, 0.4) is 0 Å². The second-order valence-corrected chi connectivity index (χ2v) is 7.06. The zero-order valence-corrected chi connectivity index (χ0v) is 13.3. The summed E-state index contributed by atoms with van der Waals surface area (Å²) in [7, 11) is -1.02. The zero-order chi connectivity index (χ0) is 16.3. The lowest BCUT2D eigenvalue weighted by Crippen LogP contribution is -2.43. The van der Waals surface area contributed by atoms with E-state index in [9.17, 15) is 18.5 Å². The van der Waals surface area contributed by atoms with Crippen molar-refractivity contribution in [3.8, 4) is 5.75 Å². The molecule has 1 saturated heterocycles. The highest BCUT2D eigenvalue weighted by atomic mass is 32.2. The quantitative estimate of drug-likeness (QED) is 0.638. The molecule has 8 nitrogen and oxygen atoms in total. The fourth-order valence-electron chi connectivity index (χ4n) is 2.50. The number of nitro groups is 1. The highest BCUT2D eigenvalue weighted by molar-refractivity contribution is 7.89. The van der Waals surface area contributed by atoms with Gasteiger partial charge >= 0.3 is 0 Å². The molecule has 0 atom stereocenters. The Morgan fingerprint density at radius 1 is 1.36 bits per heavy atom. The molecule has 1 N–H and O–H groups in total. The summed E-state index contributed by atoms with van der Waals surface area (Å²) in [6, 6.07) is 3.45. The third kappa shape index (κ3) is 3.21. The number of nitrogens with zero attached hydrogens (tertiary/aromatic N) is 2. The molecule has 1 aliphatic rings. The van der Waals surface area contributed by atoms with Crippen LogP contribution in [0, 0.1) is 10.1 Å². The summed E-state index contributed by atoms with van der Waals surface area (Å²) < 4.78 is 31.9. The van der Waals surface area contributed by atoms with Gasteiger partial charge in [0.2, 0.25) is 10.0 Å². The fraction of sp³-hybridized carbons (Fsp3) is 0.538. The standard InChI is InChI=1S/C13H19N3O5S/c1-15(10-5-7-14-8-6-10)22(19,20)13-9-11(16(17)18)3-4-12(13)21-2/h3-4,9-10,14H,5-8H2,1-2H3. The lowest BCUT2D eigenvalue weighted by molar-refractivity contribution is -0.385. The Morgan fingerprint density at radius 3 is 2.55 bits per heavy atom. The summed E-state index contributed by atoms with van der Waals surface area (Å²) in [5.41, 5.74) is -0.280. The first-order chi connectivity index (χ1) is 10.4. The second kappa shape index (κ2) is 6.59. The Bertz CT molecular complexity index is 656. The van der Waals surface area contributed by atoms with Crippen molar-refractivity contribution < 1.29 is 18.1 Å². The number of methoxy groups -OCH3 is 1. The molecular formula is C13H19N3O5S. The van der Waals surface area contributed by atoms with Gasteiger partial charge in [0.25, 0.3) is 5.69 Å². The van der Waals surface area contributed by atoms with Crippen LogP contribution in [0.15, 0.2) is 23.1 Å². The van der Waals surface area contributed by atoms with Crippen molar-refractivity contribution in [1.82, 2.24) is 9.62 Å². The first-order valence-corrected chi connectivity index (χ1v) is 8.33.